The number of rotatable bonds is 3. The number of hydrogen-bond acceptors (Lipinski definition) is 6. The van der Waals surface area contributed by atoms with Crippen molar-refractivity contribution in [1.29, 1.82) is 0 Å². The van der Waals surface area contributed by atoms with Gasteiger partial charge in [-0.05, 0) is 12.1 Å². The summed E-state index contributed by atoms with van der Waals surface area (Å²) in [5.74, 6) is -0.885. The fraction of sp³-hybridized carbons (Fsp3) is 0.286. The standard InChI is InChI=1S/C14H15NO6/c1-15-9-7(5-6-8(16)12(9)19-2)11(17)13(20-3)10(15)14(18)21-4/h5-6,16H,1-4H3. The number of pyridine rings is 1. The van der Waals surface area contributed by atoms with Crippen molar-refractivity contribution < 1.29 is 24.1 Å². The third-order valence-electron chi connectivity index (χ3n) is 3.23. The summed E-state index contributed by atoms with van der Waals surface area (Å²) in [5, 5.41) is 10.1. The molecular formula is C14H15NO6. The molecule has 0 bridgehead atoms. The van der Waals surface area contributed by atoms with Crippen LogP contribution in [0.3, 0.4) is 0 Å². The van der Waals surface area contributed by atoms with Crippen LogP contribution < -0.4 is 14.9 Å². The summed E-state index contributed by atoms with van der Waals surface area (Å²) >= 11 is 0. The van der Waals surface area contributed by atoms with Crippen LogP contribution in [-0.4, -0.2) is 37.0 Å². The zero-order chi connectivity index (χ0) is 15.7. The first-order valence-electron chi connectivity index (χ1n) is 6.02. The van der Waals surface area contributed by atoms with Crippen molar-refractivity contribution in [2.75, 3.05) is 21.3 Å². The maximum absolute atomic E-state index is 12.4. The van der Waals surface area contributed by atoms with E-state index in [1.807, 2.05) is 0 Å². The van der Waals surface area contributed by atoms with E-state index in [1.165, 1.54) is 38.0 Å². The van der Waals surface area contributed by atoms with E-state index in [0.717, 1.165) is 0 Å². The van der Waals surface area contributed by atoms with Crippen molar-refractivity contribution >= 4 is 16.9 Å². The number of carbonyl (C=O) groups excluding carboxylic acids is 1. The van der Waals surface area contributed by atoms with Crippen molar-refractivity contribution in [1.82, 2.24) is 4.57 Å². The largest absolute Gasteiger partial charge is 0.504 e. The Hall–Kier alpha value is -2.70. The second-order valence-corrected chi connectivity index (χ2v) is 4.28. The maximum atomic E-state index is 12.4. The van der Waals surface area contributed by atoms with Crippen LogP contribution in [0.15, 0.2) is 16.9 Å². The first-order valence-corrected chi connectivity index (χ1v) is 6.02. The molecule has 0 unspecified atom stereocenters. The molecular weight excluding hydrogens is 278 g/mol. The van der Waals surface area contributed by atoms with Crippen LogP contribution in [0, 0.1) is 0 Å². The lowest BCUT2D eigenvalue weighted by molar-refractivity contribution is 0.0585. The topological polar surface area (TPSA) is 87.0 Å². The molecule has 0 saturated heterocycles. The van der Waals surface area contributed by atoms with E-state index in [9.17, 15) is 14.7 Å². The normalized spacial score (nSPS) is 10.5. The third-order valence-corrected chi connectivity index (χ3v) is 3.23. The number of benzene rings is 1. The Morgan fingerprint density at radius 3 is 2.29 bits per heavy atom. The predicted molar refractivity (Wildman–Crippen MR) is 75.3 cm³/mol. The van der Waals surface area contributed by atoms with E-state index in [1.54, 1.807) is 7.05 Å². The number of aromatic nitrogens is 1. The average molecular weight is 293 g/mol. The minimum absolute atomic E-state index is 0.0543. The number of aryl methyl sites for hydroxylation is 1. The van der Waals surface area contributed by atoms with E-state index in [4.69, 9.17) is 9.47 Å². The van der Waals surface area contributed by atoms with Crippen LogP contribution in [0.25, 0.3) is 10.9 Å². The van der Waals surface area contributed by atoms with Crippen molar-refractivity contribution in [3.8, 4) is 17.2 Å². The highest BCUT2D eigenvalue weighted by Crippen LogP contribution is 2.35. The Labute approximate surface area is 120 Å². The molecule has 0 aliphatic carbocycles. The molecule has 1 aromatic carbocycles. The van der Waals surface area contributed by atoms with Gasteiger partial charge < -0.3 is 23.9 Å². The van der Waals surface area contributed by atoms with Gasteiger partial charge in [0.2, 0.25) is 5.43 Å². The van der Waals surface area contributed by atoms with E-state index < -0.39 is 11.4 Å². The number of ether oxygens (including phenoxy) is 3. The summed E-state index contributed by atoms with van der Waals surface area (Å²) < 4.78 is 16.3. The van der Waals surface area contributed by atoms with Gasteiger partial charge in [0, 0.05) is 7.05 Å². The van der Waals surface area contributed by atoms with Crippen LogP contribution in [0.5, 0.6) is 17.2 Å². The lowest BCUT2D eigenvalue weighted by Gasteiger charge is -2.17. The maximum Gasteiger partial charge on any atom is 0.358 e. The molecule has 21 heavy (non-hydrogen) atoms. The number of phenolic OH excluding ortho intramolecular Hbond substituents is 1. The number of hydrogen-bond donors (Lipinski definition) is 1. The molecule has 0 spiro atoms. The van der Waals surface area contributed by atoms with Gasteiger partial charge in [-0.25, -0.2) is 4.79 Å². The lowest BCUT2D eigenvalue weighted by atomic mass is 10.1. The Kier molecular flexibility index (Phi) is 3.75. The van der Waals surface area contributed by atoms with E-state index in [-0.39, 0.29) is 33.8 Å². The molecule has 2 rings (SSSR count). The molecule has 0 atom stereocenters. The summed E-state index contributed by atoms with van der Waals surface area (Å²) in [6.45, 7) is 0. The summed E-state index contributed by atoms with van der Waals surface area (Å²) in [6, 6.07) is 2.79. The second-order valence-electron chi connectivity index (χ2n) is 4.28. The number of esters is 1. The Balaban J connectivity index is 3.08. The number of carbonyl (C=O) groups is 1. The molecule has 112 valence electrons. The van der Waals surface area contributed by atoms with Gasteiger partial charge >= 0.3 is 5.97 Å². The van der Waals surface area contributed by atoms with Gasteiger partial charge in [-0.2, -0.15) is 0 Å². The van der Waals surface area contributed by atoms with Crippen molar-refractivity contribution in [2.24, 2.45) is 7.05 Å². The minimum Gasteiger partial charge on any atom is -0.504 e. The molecule has 1 N–H and O–H groups in total. The molecule has 2 aromatic rings. The molecule has 0 fully saturated rings. The smallest absolute Gasteiger partial charge is 0.358 e. The summed E-state index contributed by atoms with van der Waals surface area (Å²) in [7, 11) is 5.42. The van der Waals surface area contributed by atoms with Gasteiger partial charge in [0.1, 0.15) is 0 Å². The van der Waals surface area contributed by atoms with Crippen molar-refractivity contribution in [2.45, 2.75) is 0 Å². The van der Waals surface area contributed by atoms with Gasteiger partial charge in [0.05, 0.1) is 32.2 Å². The fourth-order valence-corrected chi connectivity index (χ4v) is 2.29. The van der Waals surface area contributed by atoms with E-state index in [2.05, 4.69) is 4.74 Å². The first kappa shape index (κ1) is 14.7. The minimum atomic E-state index is -0.723. The molecule has 0 radical (unpaired) electrons. The monoisotopic (exact) mass is 293 g/mol. The quantitative estimate of drug-likeness (QED) is 0.851. The zero-order valence-corrected chi connectivity index (χ0v) is 12.1. The van der Waals surface area contributed by atoms with Gasteiger partial charge in [-0.3, -0.25) is 4.79 Å². The fourth-order valence-electron chi connectivity index (χ4n) is 2.29. The molecule has 0 aliphatic heterocycles. The SMILES string of the molecule is COC(=O)c1c(OC)c(=O)c2ccc(O)c(OC)c2n1C. The summed E-state index contributed by atoms with van der Waals surface area (Å²) in [4.78, 5) is 24.4. The summed E-state index contributed by atoms with van der Waals surface area (Å²) in [6.07, 6.45) is 0. The zero-order valence-electron chi connectivity index (χ0n) is 12.1. The number of nitrogens with zero attached hydrogens (tertiary/aromatic N) is 1. The van der Waals surface area contributed by atoms with Gasteiger partial charge in [-0.1, -0.05) is 0 Å². The highest BCUT2D eigenvalue weighted by atomic mass is 16.5. The van der Waals surface area contributed by atoms with Crippen LogP contribution in [0.2, 0.25) is 0 Å². The molecule has 0 saturated carbocycles. The van der Waals surface area contributed by atoms with Crippen LogP contribution >= 0.6 is 0 Å². The number of phenols is 1. The second kappa shape index (κ2) is 5.35. The predicted octanol–water partition coefficient (Wildman–Crippen LogP) is 1.05. The number of methoxy groups -OCH3 is 3. The van der Waals surface area contributed by atoms with Crippen LogP contribution in [0.4, 0.5) is 0 Å². The molecule has 1 aromatic heterocycles. The molecule has 0 amide bonds. The first-order chi connectivity index (χ1) is 9.97. The molecule has 7 nitrogen and oxygen atoms in total. The van der Waals surface area contributed by atoms with Gasteiger partial charge in [0.25, 0.3) is 0 Å². The van der Waals surface area contributed by atoms with Crippen molar-refractivity contribution in [3.63, 3.8) is 0 Å². The van der Waals surface area contributed by atoms with Gasteiger partial charge in [0.15, 0.2) is 22.9 Å². The molecule has 1 heterocycles. The number of aromatic hydroxyl groups is 1. The van der Waals surface area contributed by atoms with Crippen LogP contribution in [0.1, 0.15) is 10.5 Å². The average Bonchev–Trinajstić information content (AvgIpc) is 2.49. The Morgan fingerprint density at radius 2 is 1.76 bits per heavy atom. The van der Waals surface area contributed by atoms with Crippen molar-refractivity contribution in [3.05, 3.63) is 28.0 Å². The highest BCUT2D eigenvalue weighted by molar-refractivity contribution is 5.97. The molecule has 0 aliphatic rings. The van der Waals surface area contributed by atoms with Gasteiger partial charge in [-0.15, -0.1) is 0 Å². The lowest BCUT2D eigenvalue weighted by Crippen LogP contribution is -2.21. The Morgan fingerprint density at radius 1 is 1.14 bits per heavy atom. The third kappa shape index (κ3) is 2.06. The highest BCUT2D eigenvalue weighted by Gasteiger charge is 2.25. The number of fused-ring (bicyclic) bond motifs is 1. The van der Waals surface area contributed by atoms with Crippen LogP contribution in [-0.2, 0) is 11.8 Å². The molecule has 7 heteroatoms. The summed E-state index contributed by atoms with van der Waals surface area (Å²) in [5.41, 5.74) is -0.255. The Bertz CT molecular complexity index is 777. The van der Waals surface area contributed by atoms with E-state index >= 15 is 0 Å². The van der Waals surface area contributed by atoms with E-state index in [0.29, 0.717) is 0 Å².